The van der Waals surface area contributed by atoms with Gasteiger partial charge in [0, 0.05) is 33.3 Å². The molecular formula is C48H41NO. The Morgan fingerprint density at radius 2 is 0.920 bits per heavy atom. The fourth-order valence-electron chi connectivity index (χ4n) is 10.3. The summed E-state index contributed by atoms with van der Waals surface area (Å²) in [7, 11) is 0. The predicted octanol–water partition coefficient (Wildman–Crippen LogP) is 13.4. The van der Waals surface area contributed by atoms with Crippen molar-refractivity contribution < 1.29 is 4.42 Å². The van der Waals surface area contributed by atoms with E-state index in [2.05, 4.69) is 163 Å². The van der Waals surface area contributed by atoms with Gasteiger partial charge in [0.2, 0.25) is 0 Å². The van der Waals surface area contributed by atoms with Crippen molar-refractivity contribution in [1.82, 2.24) is 0 Å². The Kier molecular flexibility index (Phi) is 7.05. The van der Waals surface area contributed by atoms with Crippen LogP contribution in [0.3, 0.4) is 0 Å². The molecule has 2 heteroatoms. The molecule has 1 aromatic heterocycles. The zero-order chi connectivity index (χ0) is 33.1. The third-order valence-corrected chi connectivity index (χ3v) is 12.0. The SMILES string of the molecule is c1ccc(-c2ccc(N(c3ccc(-c4ccccc4)cc3)c3ccccc3-c3oc4ccccc4c3C34CC5CC(CC(C5)C3)C4)cc2)cc1. The second kappa shape index (κ2) is 11.9. The first-order chi connectivity index (χ1) is 24.7. The first-order valence-corrected chi connectivity index (χ1v) is 18.4. The maximum Gasteiger partial charge on any atom is 0.141 e. The van der Waals surface area contributed by atoms with E-state index >= 15 is 0 Å². The number of nitrogens with zero attached hydrogens (tertiary/aromatic N) is 1. The Balaban J connectivity index is 1.15. The number of anilines is 3. The van der Waals surface area contributed by atoms with Crippen LogP contribution < -0.4 is 4.90 Å². The molecule has 11 rings (SSSR count). The minimum atomic E-state index is 0.184. The van der Waals surface area contributed by atoms with Crippen molar-refractivity contribution in [2.75, 3.05) is 4.90 Å². The quantitative estimate of drug-likeness (QED) is 0.171. The van der Waals surface area contributed by atoms with E-state index in [9.17, 15) is 0 Å². The highest BCUT2D eigenvalue weighted by atomic mass is 16.3. The second-order valence-electron chi connectivity index (χ2n) is 15.2. The van der Waals surface area contributed by atoms with E-state index < -0.39 is 0 Å². The molecule has 4 aliphatic rings. The molecule has 4 saturated carbocycles. The molecule has 0 saturated heterocycles. The van der Waals surface area contributed by atoms with Crippen molar-refractivity contribution in [3.63, 3.8) is 0 Å². The van der Waals surface area contributed by atoms with Crippen LogP contribution >= 0.6 is 0 Å². The van der Waals surface area contributed by atoms with E-state index in [-0.39, 0.29) is 5.41 Å². The number of rotatable bonds is 7. The average Bonchev–Trinajstić information content (AvgIpc) is 3.57. The van der Waals surface area contributed by atoms with E-state index in [1.54, 1.807) is 0 Å². The third kappa shape index (κ3) is 5.00. The van der Waals surface area contributed by atoms with Crippen molar-refractivity contribution in [1.29, 1.82) is 0 Å². The van der Waals surface area contributed by atoms with Gasteiger partial charge in [-0.05, 0) is 121 Å². The molecule has 6 aromatic carbocycles. The summed E-state index contributed by atoms with van der Waals surface area (Å²) >= 11 is 0. The lowest BCUT2D eigenvalue weighted by Crippen LogP contribution is -2.48. The van der Waals surface area contributed by atoms with Gasteiger partial charge in [-0.3, -0.25) is 0 Å². The van der Waals surface area contributed by atoms with Gasteiger partial charge in [0.1, 0.15) is 11.3 Å². The maximum absolute atomic E-state index is 7.06. The molecule has 0 radical (unpaired) electrons. The van der Waals surface area contributed by atoms with Crippen molar-refractivity contribution >= 4 is 28.0 Å². The molecule has 50 heavy (non-hydrogen) atoms. The fraction of sp³-hybridized carbons (Fsp3) is 0.208. The summed E-state index contributed by atoms with van der Waals surface area (Å²) in [5.74, 6) is 3.61. The molecule has 0 spiro atoms. The molecule has 7 aromatic rings. The van der Waals surface area contributed by atoms with Crippen LogP contribution in [-0.4, -0.2) is 0 Å². The number of furan rings is 1. The van der Waals surface area contributed by atoms with Gasteiger partial charge >= 0.3 is 0 Å². The molecule has 4 bridgehead atoms. The van der Waals surface area contributed by atoms with Gasteiger partial charge in [-0.15, -0.1) is 0 Å². The summed E-state index contributed by atoms with van der Waals surface area (Å²) in [6, 6.07) is 57.1. The Hall–Kier alpha value is -5.34. The highest BCUT2D eigenvalue weighted by molar-refractivity contribution is 5.95. The van der Waals surface area contributed by atoms with Gasteiger partial charge in [0.25, 0.3) is 0 Å². The fourth-order valence-corrected chi connectivity index (χ4v) is 10.3. The van der Waals surface area contributed by atoms with Crippen LogP contribution in [0.15, 0.2) is 162 Å². The lowest BCUT2D eigenvalue weighted by Gasteiger charge is -2.57. The molecule has 0 aliphatic heterocycles. The normalized spacial score (nSPS) is 22.2. The highest BCUT2D eigenvalue weighted by Gasteiger charge is 2.53. The van der Waals surface area contributed by atoms with E-state index in [4.69, 9.17) is 4.42 Å². The monoisotopic (exact) mass is 647 g/mol. The lowest BCUT2D eigenvalue weighted by atomic mass is 9.47. The molecule has 2 nitrogen and oxygen atoms in total. The molecule has 4 aliphatic carbocycles. The largest absolute Gasteiger partial charge is 0.456 e. The molecule has 4 fully saturated rings. The summed E-state index contributed by atoms with van der Waals surface area (Å²) < 4.78 is 7.06. The topological polar surface area (TPSA) is 16.4 Å². The third-order valence-electron chi connectivity index (χ3n) is 12.0. The zero-order valence-corrected chi connectivity index (χ0v) is 28.3. The van der Waals surface area contributed by atoms with Crippen molar-refractivity contribution in [2.45, 2.75) is 43.9 Å². The Bertz CT molecular complexity index is 2160. The summed E-state index contributed by atoms with van der Waals surface area (Å²) in [5.41, 5.74) is 12.1. The van der Waals surface area contributed by atoms with Gasteiger partial charge in [0.05, 0.1) is 5.69 Å². The minimum Gasteiger partial charge on any atom is -0.456 e. The molecule has 0 atom stereocenters. The maximum atomic E-state index is 7.06. The number of hydrogen-bond acceptors (Lipinski definition) is 2. The zero-order valence-electron chi connectivity index (χ0n) is 28.3. The molecular weight excluding hydrogens is 607 g/mol. The minimum absolute atomic E-state index is 0.184. The number of fused-ring (bicyclic) bond motifs is 1. The number of benzene rings is 6. The Morgan fingerprint density at radius 1 is 0.460 bits per heavy atom. The lowest BCUT2D eigenvalue weighted by molar-refractivity contribution is -0.00450. The van der Waals surface area contributed by atoms with Crippen molar-refractivity contribution in [3.05, 3.63) is 163 Å². The second-order valence-corrected chi connectivity index (χ2v) is 15.2. The number of hydrogen-bond donors (Lipinski definition) is 0. The van der Waals surface area contributed by atoms with E-state index in [0.29, 0.717) is 0 Å². The Labute approximate surface area is 295 Å². The summed E-state index contributed by atoms with van der Waals surface area (Å²) in [4.78, 5) is 2.43. The first kappa shape index (κ1) is 29.6. The Morgan fingerprint density at radius 3 is 1.48 bits per heavy atom. The highest BCUT2D eigenvalue weighted by Crippen LogP contribution is 2.63. The molecule has 1 heterocycles. The van der Waals surface area contributed by atoms with Crippen molar-refractivity contribution in [3.8, 4) is 33.6 Å². The molecule has 244 valence electrons. The average molecular weight is 648 g/mol. The predicted molar refractivity (Wildman–Crippen MR) is 207 cm³/mol. The van der Waals surface area contributed by atoms with Crippen molar-refractivity contribution in [2.24, 2.45) is 17.8 Å². The molecule has 0 N–H and O–H groups in total. The van der Waals surface area contributed by atoms with Gasteiger partial charge < -0.3 is 9.32 Å². The van der Waals surface area contributed by atoms with Crippen LogP contribution in [0.25, 0.3) is 44.5 Å². The summed E-state index contributed by atoms with van der Waals surface area (Å²) in [6.07, 6.45) is 8.15. The van der Waals surface area contributed by atoms with Crippen LogP contribution in [0.4, 0.5) is 17.1 Å². The summed E-state index contributed by atoms with van der Waals surface area (Å²) in [6.45, 7) is 0. The van der Waals surface area contributed by atoms with Gasteiger partial charge in [-0.2, -0.15) is 0 Å². The van der Waals surface area contributed by atoms with Crippen LogP contribution in [0.2, 0.25) is 0 Å². The van der Waals surface area contributed by atoms with Gasteiger partial charge in [-0.1, -0.05) is 115 Å². The van der Waals surface area contributed by atoms with Crippen LogP contribution in [-0.2, 0) is 5.41 Å². The van der Waals surface area contributed by atoms with E-state index in [0.717, 1.165) is 51.7 Å². The van der Waals surface area contributed by atoms with Crippen LogP contribution in [0.5, 0.6) is 0 Å². The number of para-hydroxylation sites is 2. The van der Waals surface area contributed by atoms with Crippen LogP contribution in [0, 0.1) is 17.8 Å². The molecule has 0 unspecified atom stereocenters. The standard InChI is InChI=1S/C48H41NO/c1-3-11-36(12-4-1)38-19-23-40(24-20-38)49(41-25-21-39(22-26-41)37-13-5-2-6-14-37)44-17-9-7-15-42(44)47-46(43-16-8-10-18-45(43)50-47)48-30-33-27-34(31-48)29-35(28-33)32-48/h1-26,33-35H,27-32H2. The summed E-state index contributed by atoms with van der Waals surface area (Å²) in [5, 5.41) is 1.31. The van der Waals surface area contributed by atoms with Gasteiger partial charge in [0.15, 0.2) is 0 Å². The van der Waals surface area contributed by atoms with Crippen LogP contribution in [0.1, 0.15) is 44.1 Å². The smallest absolute Gasteiger partial charge is 0.141 e. The van der Waals surface area contributed by atoms with E-state index in [1.165, 1.54) is 71.7 Å². The van der Waals surface area contributed by atoms with Gasteiger partial charge in [-0.25, -0.2) is 0 Å². The molecule has 0 amide bonds. The van der Waals surface area contributed by atoms with E-state index in [1.807, 2.05) is 0 Å². The first-order valence-electron chi connectivity index (χ1n) is 18.4.